The number of pyridine rings is 1. The molecule has 0 atom stereocenters. The van der Waals surface area contributed by atoms with Crippen molar-refractivity contribution in [2.75, 3.05) is 33.7 Å². The molecule has 1 heterocycles. The predicted octanol–water partition coefficient (Wildman–Crippen LogP) is 0.742. The Bertz CT molecular complexity index is 570. The summed E-state index contributed by atoms with van der Waals surface area (Å²) >= 11 is 0. The standard InChI is InChI=1S/C13H21N3O4S/c1-4-16(9-5-8-15(2)3)21(19,20)12-7-6-11(10-14-12)13(17)18/h6-7,10H,4-5,8-9H2,1-3H3,(H,17,18). The molecule has 1 aromatic rings. The van der Waals surface area contributed by atoms with Gasteiger partial charge >= 0.3 is 5.97 Å². The SMILES string of the molecule is CCN(CCCN(C)C)S(=O)(=O)c1ccc(C(=O)O)cn1. The summed E-state index contributed by atoms with van der Waals surface area (Å²) < 4.78 is 26.2. The monoisotopic (exact) mass is 315 g/mol. The van der Waals surface area contributed by atoms with Gasteiger partial charge in [-0.3, -0.25) is 0 Å². The number of sulfonamides is 1. The zero-order valence-electron chi connectivity index (χ0n) is 12.5. The normalized spacial score (nSPS) is 12.0. The summed E-state index contributed by atoms with van der Waals surface area (Å²) in [6, 6.07) is 2.48. The van der Waals surface area contributed by atoms with Gasteiger partial charge in [-0.15, -0.1) is 0 Å². The quantitative estimate of drug-likeness (QED) is 0.761. The summed E-state index contributed by atoms with van der Waals surface area (Å²) in [5.41, 5.74) is -0.0374. The second kappa shape index (κ2) is 7.48. The van der Waals surface area contributed by atoms with Gasteiger partial charge in [-0.1, -0.05) is 6.92 Å². The lowest BCUT2D eigenvalue weighted by Gasteiger charge is -2.20. The Balaban J connectivity index is 2.88. The topological polar surface area (TPSA) is 90.8 Å². The highest BCUT2D eigenvalue weighted by atomic mass is 32.2. The molecule has 0 aliphatic rings. The number of hydrogen-bond donors (Lipinski definition) is 1. The molecule has 7 nitrogen and oxygen atoms in total. The maximum atomic E-state index is 12.4. The van der Waals surface area contributed by atoms with Gasteiger partial charge in [-0.2, -0.15) is 4.31 Å². The minimum absolute atomic E-state index is 0.0374. The molecule has 8 heteroatoms. The van der Waals surface area contributed by atoms with E-state index >= 15 is 0 Å². The van der Waals surface area contributed by atoms with Crippen LogP contribution in [-0.2, 0) is 10.0 Å². The number of hydrogen-bond acceptors (Lipinski definition) is 5. The van der Waals surface area contributed by atoms with Gasteiger partial charge in [-0.05, 0) is 39.2 Å². The first kappa shape index (κ1) is 17.5. The highest BCUT2D eigenvalue weighted by Gasteiger charge is 2.24. The van der Waals surface area contributed by atoms with Crippen LogP contribution in [0.5, 0.6) is 0 Å². The molecule has 118 valence electrons. The zero-order valence-corrected chi connectivity index (χ0v) is 13.3. The third kappa shape index (κ3) is 4.76. The summed E-state index contributed by atoms with van der Waals surface area (Å²) in [6.07, 6.45) is 1.77. The number of carbonyl (C=O) groups is 1. The lowest BCUT2D eigenvalue weighted by Crippen LogP contribution is -2.33. The van der Waals surface area contributed by atoms with E-state index in [9.17, 15) is 13.2 Å². The van der Waals surface area contributed by atoms with Crippen LogP contribution in [0, 0.1) is 0 Å². The van der Waals surface area contributed by atoms with Crippen LogP contribution in [0.25, 0.3) is 0 Å². The summed E-state index contributed by atoms with van der Waals surface area (Å²) in [4.78, 5) is 16.5. The van der Waals surface area contributed by atoms with E-state index in [-0.39, 0.29) is 10.6 Å². The molecule has 1 N–H and O–H groups in total. The van der Waals surface area contributed by atoms with Gasteiger partial charge in [0.05, 0.1) is 5.56 Å². The molecule has 0 spiro atoms. The second-order valence-electron chi connectivity index (χ2n) is 4.84. The lowest BCUT2D eigenvalue weighted by atomic mass is 10.3. The van der Waals surface area contributed by atoms with E-state index < -0.39 is 16.0 Å². The fourth-order valence-electron chi connectivity index (χ4n) is 1.80. The van der Waals surface area contributed by atoms with E-state index in [1.807, 2.05) is 19.0 Å². The molecule has 21 heavy (non-hydrogen) atoms. The molecule has 1 rings (SSSR count). The third-order valence-corrected chi connectivity index (χ3v) is 4.84. The van der Waals surface area contributed by atoms with E-state index in [4.69, 9.17) is 5.11 Å². The second-order valence-corrected chi connectivity index (χ2v) is 6.73. The Morgan fingerprint density at radius 2 is 1.95 bits per heavy atom. The van der Waals surface area contributed by atoms with Gasteiger partial charge in [0.2, 0.25) is 0 Å². The van der Waals surface area contributed by atoms with Gasteiger partial charge < -0.3 is 10.0 Å². The summed E-state index contributed by atoms with van der Waals surface area (Å²) in [5.74, 6) is -1.13. The van der Waals surface area contributed by atoms with Gasteiger partial charge in [-0.25, -0.2) is 18.2 Å². The molecule has 0 saturated carbocycles. The van der Waals surface area contributed by atoms with Crippen LogP contribution in [-0.4, -0.2) is 67.4 Å². The third-order valence-electron chi connectivity index (χ3n) is 2.95. The van der Waals surface area contributed by atoms with E-state index in [1.165, 1.54) is 16.4 Å². The maximum absolute atomic E-state index is 12.4. The number of aromatic nitrogens is 1. The molecule has 0 unspecified atom stereocenters. The van der Waals surface area contributed by atoms with Crippen molar-refractivity contribution >= 4 is 16.0 Å². The van der Waals surface area contributed by atoms with Crippen LogP contribution in [0.4, 0.5) is 0 Å². The molecular weight excluding hydrogens is 294 g/mol. The van der Waals surface area contributed by atoms with Gasteiger partial charge in [0, 0.05) is 19.3 Å². The fraction of sp³-hybridized carbons (Fsp3) is 0.538. The molecule has 0 aliphatic carbocycles. The molecule has 1 aromatic heterocycles. The molecule has 0 amide bonds. The average molecular weight is 315 g/mol. The van der Waals surface area contributed by atoms with E-state index in [0.29, 0.717) is 19.5 Å². The van der Waals surface area contributed by atoms with Crippen molar-refractivity contribution in [1.29, 1.82) is 0 Å². The van der Waals surface area contributed by atoms with Crippen molar-refractivity contribution in [3.8, 4) is 0 Å². The van der Waals surface area contributed by atoms with Crippen molar-refractivity contribution in [1.82, 2.24) is 14.2 Å². The summed E-state index contributed by atoms with van der Waals surface area (Å²) in [5, 5.41) is 8.67. The summed E-state index contributed by atoms with van der Waals surface area (Å²) in [7, 11) is 0.174. The average Bonchev–Trinajstić information content (AvgIpc) is 2.43. The largest absolute Gasteiger partial charge is 0.478 e. The number of carboxylic acids is 1. The highest BCUT2D eigenvalue weighted by Crippen LogP contribution is 2.14. The lowest BCUT2D eigenvalue weighted by molar-refractivity contribution is 0.0696. The van der Waals surface area contributed by atoms with Crippen LogP contribution in [0.1, 0.15) is 23.7 Å². The van der Waals surface area contributed by atoms with Crippen LogP contribution in [0.15, 0.2) is 23.4 Å². The Morgan fingerprint density at radius 1 is 1.29 bits per heavy atom. The first-order valence-corrected chi connectivity index (χ1v) is 8.07. The Hall–Kier alpha value is -1.51. The fourth-order valence-corrected chi connectivity index (χ4v) is 3.20. The molecule has 0 radical (unpaired) electrons. The van der Waals surface area contributed by atoms with E-state index in [2.05, 4.69) is 4.98 Å². The molecule has 0 saturated heterocycles. The zero-order chi connectivity index (χ0) is 16.0. The predicted molar refractivity (Wildman–Crippen MR) is 78.8 cm³/mol. The molecular formula is C13H21N3O4S. The summed E-state index contributed by atoms with van der Waals surface area (Å²) in [6.45, 7) is 3.30. The van der Waals surface area contributed by atoms with Crippen LogP contribution in [0.2, 0.25) is 0 Å². The molecule has 0 aliphatic heterocycles. The van der Waals surface area contributed by atoms with E-state index in [1.54, 1.807) is 6.92 Å². The van der Waals surface area contributed by atoms with E-state index in [0.717, 1.165) is 12.7 Å². The number of aromatic carboxylic acids is 1. The highest BCUT2D eigenvalue weighted by molar-refractivity contribution is 7.89. The van der Waals surface area contributed by atoms with Crippen molar-refractivity contribution in [2.45, 2.75) is 18.4 Å². The molecule has 0 aromatic carbocycles. The molecule has 0 bridgehead atoms. The van der Waals surface area contributed by atoms with Crippen molar-refractivity contribution in [2.24, 2.45) is 0 Å². The van der Waals surface area contributed by atoms with Crippen LogP contribution in [0.3, 0.4) is 0 Å². The minimum Gasteiger partial charge on any atom is -0.478 e. The smallest absolute Gasteiger partial charge is 0.337 e. The first-order chi connectivity index (χ1) is 9.78. The Labute approximate surface area is 125 Å². The van der Waals surface area contributed by atoms with Gasteiger partial charge in [0.25, 0.3) is 10.0 Å². The maximum Gasteiger partial charge on any atom is 0.337 e. The van der Waals surface area contributed by atoms with Crippen LogP contribution >= 0.6 is 0 Å². The van der Waals surface area contributed by atoms with Crippen molar-refractivity contribution in [3.63, 3.8) is 0 Å². The Morgan fingerprint density at radius 3 is 2.38 bits per heavy atom. The van der Waals surface area contributed by atoms with Crippen LogP contribution < -0.4 is 0 Å². The first-order valence-electron chi connectivity index (χ1n) is 6.63. The van der Waals surface area contributed by atoms with Crippen molar-refractivity contribution in [3.05, 3.63) is 23.9 Å². The number of nitrogens with zero attached hydrogens (tertiary/aromatic N) is 3. The van der Waals surface area contributed by atoms with Crippen molar-refractivity contribution < 1.29 is 18.3 Å². The molecule has 0 fully saturated rings. The van der Waals surface area contributed by atoms with Gasteiger partial charge in [0.1, 0.15) is 0 Å². The Kier molecular flexibility index (Phi) is 6.25. The minimum atomic E-state index is -3.68. The number of rotatable bonds is 8. The van der Waals surface area contributed by atoms with Gasteiger partial charge in [0.15, 0.2) is 5.03 Å². The number of carboxylic acid groups (broad SMARTS) is 1.